The number of nitrogens with two attached hydrogens (primary N) is 1. The van der Waals surface area contributed by atoms with Crippen LogP contribution in [0.1, 0.15) is 24.1 Å². The number of hydrogen-bond donors (Lipinski definition) is 1. The van der Waals surface area contributed by atoms with Crippen LogP contribution in [0.5, 0.6) is 0 Å². The third-order valence-electron chi connectivity index (χ3n) is 3.54. The first kappa shape index (κ1) is 15.7. The first-order chi connectivity index (χ1) is 9.91. The van der Waals surface area contributed by atoms with Crippen LogP contribution in [0.3, 0.4) is 0 Å². The van der Waals surface area contributed by atoms with Gasteiger partial charge in [-0.3, -0.25) is 0 Å². The number of nitrogens with zero attached hydrogens (tertiary/aromatic N) is 1. The van der Waals surface area contributed by atoms with Crippen LogP contribution in [-0.4, -0.2) is 12.0 Å². The lowest BCUT2D eigenvalue weighted by atomic mass is 10.0. The van der Waals surface area contributed by atoms with Crippen molar-refractivity contribution in [1.29, 1.82) is 0 Å². The lowest BCUT2D eigenvalue weighted by molar-refractivity contribution is 0.626. The topological polar surface area (TPSA) is 29.3 Å². The average molecular weight is 323 g/mol. The molecule has 0 heterocycles. The van der Waals surface area contributed by atoms with E-state index in [1.54, 1.807) is 6.07 Å². The van der Waals surface area contributed by atoms with Gasteiger partial charge in [0.1, 0.15) is 10.8 Å². The van der Waals surface area contributed by atoms with E-state index in [-0.39, 0.29) is 16.8 Å². The fourth-order valence-electron chi connectivity index (χ4n) is 2.24. The Morgan fingerprint density at radius 1 is 1.29 bits per heavy atom. The van der Waals surface area contributed by atoms with E-state index in [9.17, 15) is 4.39 Å². The molecule has 0 fully saturated rings. The van der Waals surface area contributed by atoms with Crippen molar-refractivity contribution >= 4 is 34.5 Å². The summed E-state index contributed by atoms with van der Waals surface area (Å²) in [5.41, 5.74) is 7.98. The number of thiocarbonyl (C=S) groups is 1. The second kappa shape index (κ2) is 6.41. The van der Waals surface area contributed by atoms with E-state index in [0.29, 0.717) is 10.6 Å². The van der Waals surface area contributed by atoms with Gasteiger partial charge in [0.25, 0.3) is 0 Å². The molecular formula is C16H16ClFN2S. The Bertz CT molecular complexity index is 675. The molecule has 0 spiro atoms. The highest BCUT2D eigenvalue weighted by molar-refractivity contribution is 7.80. The minimum atomic E-state index is -0.361. The molecule has 2 N–H and O–H groups in total. The molecule has 0 aliphatic rings. The van der Waals surface area contributed by atoms with E-state index in [1.807, 2.05) is 43.1 Å². The summed E-state index contributed by atoms with van der Waals surface area (Å²) in [4.78, 5) is 2.15. The first-order valence-electron chi connectivity index (χ1n) is 6.48. The van der Waals surface area contributed by atoms with E-state index in [2.05, 4.69) is 0 Å². The van der Waals surface area contributed by atoms with Crippen LogP contribution >= 0.6 is 23.8 Å². The van der Waals surface area contributed by atoms with Crippen LogP contribution in [0.2, 0.25) is 5.02 Å². The van der Waals surface area contributed by atoms with Gasteiger partial charge in [-0.25, -0.2) is 4.39 Å². The van der Waals surface area contributed by atoms with Gasteiger partial charge in [0.2, 0.25) is 0 Å². The molecule has 2 nitrogen and oxygen atoms in total. The predicted molar refractivity (Wildman–Crippen MR) is 90.6 cm³/mol. The van der Waals surface area contributed by atoms with Crippen molar-refractivity contribution in [3.05, 3.63) is 64.4 Å². The molecular weight excluding hydrogens is 307 g/mol. The summed E-state index contributed by atoms with van der Waals surface area (Å²) < 4.78 is 13.4. The van der Waals surface area contributed by atoms with Crippen LogP contribution in [0.15, 0.2) is 42.5 Å². The van der Waals surface area contributed by atoms with Gasteiger partial charge in [-0.15, -0.1) is 0 Å². The average Bonchev–Trinajstić information content (AvgIpc) is 2.46. The van der Waals surface area contributed by atoms with Crippen molar-refractivity contribution in [2.24, 2.45) is 5.73 Å². The molecule has 2 aromatic carbocycles. The maximum absolute atomic E-state index is 13.4. The molecule has 0 radical (unpaired) electrons. The Morgan fingerprint density at radius 2 is 1.95 bits per heavy atom. The normalized spacial score (nSPS) is 12.0. The molecule has 0 bridgehead atoms. The zero-order valence-electron chi connectivity index (χ0n) is 11.8. The van der Waals surface area contributed by atoms with Crippen LogP contribution in [0.4, 0.5) is 10.1 Å². The third-order valence-corrected chi connectivity index (χ3v) is 4.10. The summed E-state index contributed by atoms with van der Waals surface area (Å²) in [5.74, 6) is -0.361. The van der Waals surface area contributed by atoms with Crippen molar-refractivity contribution in [3.63, 3.8) is 0 Å². The maximum atomic E-state index is 13.4. The summed E-state index contributed by atoms with van der Waals surface area (Å²) in [6.45, 7) is 2.02. The Hall–Kier alpha value is -1.65. The quantitative estimate of drug-likeness (QED) is 0.850. The van der Waals surface area contributed by atoms with Gasteiger partial charge in [0, 0.05) is 23.3 Å². The number of rotatable bonds is 4. The zero-order chi connectivity index (χ0) is 15.6. The van der Waals surface area contributed by atoms with E-state index in [1.165, 1.54) is 12.1 Å². The molecule has 0 saturated heterocycles. The highest BCUT2D eigenvalue weighted by atomic mass is 35.5. The molecule has 5 heteroatoms. The third kappa shape index (κ3) is 3.34. The molecule has 21 heavy (non-hydrogen) atoms. The molecule has 1 unspecified atom stereocenters. The molecule has 110 valence electrons. The lowest BCUT2D eigenvalue weighted by Crippen LogP contribution is -2.25. The second-order valence-electron chi connectivity index (χ2n) is 4.83. The summed E-state index contributed by atoms with van der Waals surface area (Å²) in [7, 11) is 1.91. The Labute approximate surface area is 134 Å². The van der Waals surface area contributed by atoms with E-state index in [0.717, 1.165) is 11.3 Å². The molecule has 2 aromatic rings. The van der Waals surface area contributed by atoms with Crippen LogP contribution < -0.4 is 10.6 Å². The van der Waals surface area contributed by atoms with Gasteiger partial charge in [-0.2, -0.15) is 0 Å². The molecule has 2 rings (SSSR count). The van der Waals surface area contributed by atoms with E-state index >= 15 is 0 Å². The van der Waals surface area contributed by atoms with Gasteiger partial charge in [-0.05, 0) is 36.8 Å². The zero-order valence-corrected chi connectivity index (χ0v) is 13.4. The van der Waals surface area contributed by atoms with E-state index < -0.39 is 0 Å². The van der Waals surface area contributed by atoms with Crippen molar-refractivity contribution in [1.82, 2.24) is 0 Å². The molecule has 0 aromatic heterocycles. The minimum absolute atomic E-state index is 0.00254. The first-order valence-corrected chi connectivity index (χ1v) is 7.27. The number of hydrogen-bond acceptors (Lipinski definition) is 2. The highest BCUT2D eigenvalue weighted by Gasteiger charge is 2.18. The van der Waals surface area contributed by atoms with Crippen LogP contribution in [0.25, 0.3) is 0 Å². The molecule has 0 amide bonds. The largest absolute Gasteiger partial charge is 0.389 e. The van der Waals surface area contributed by atoms with Gasteiger partial charge in [0.15, 0.2) is 0 Å². The molecule has 1 atom stereocenters. The van der Waals surface area contributed by atoms with Gasteiger partial charge in [-0.1, -0.05) is 42.0 Å². The highest BCUT2D eigenvalue weighted by Crippen LogP contribution is 2.32. The summed E-state index contributed by atoms with van der Waals surface area (Å²) in [6, 6.07) is 12.1. The fraction of sp³-hybridized carbons (Fsp3) is 0.188. The van der Waals surface area contributed by atoms with Gasteiger partial charge in [0.05, 0.1) is 6.04 Å². The number of benzene rings is 2. The summed E-state index contributed by atoms with van der Waals surface area (Å²) >= 11 is 11.3. The Balaban J connectivity index is 2.43. The SMILES string of the molecule is CC(c1ccccc1Cl)N(C)c1ccc(F)cc1C(N)=S. The standard InChI is InChI=1S/C16H16ClFN2S/c1-10(12-5-3-4-6-14(12)17)20(2)15-8-7-11(18)9-13(15)16(19)21/h3-10H,1-2H3,(H2,19,21). The van der Waals surface area contributed by atoms with Crippen molar-refractivity contribution in [2.45, 2.75) is 13.0 Å². The summed E-state index contributed by atoms with van der Waals surface area (Å²) in [6.07, 6.45) is 0. The van der Waals surface area contributed by atoms with Crippen molar-refractivity contribution in [3.8, 4) is 0 Å². The monoisotopic (exact) mass is 322 g/mol. The predicted octanol–water partition coefficient (Wildman–Crippen LogP) is 4.31. The molecule has 0 aliphatic heterocycles. The minimum Gasteiger partial charge on any atom is -0.389 e. The van der Waals surface area contributed by atoms with E-state index in [4.69, 9.17) is 29.6 Å². The number of anilines is 1. The van der Waals surface area contributed by atoms with Crippen LogP contribution in [-0.2, 0) is 0 Å². The second-order valence-corrected chi connectivity index (χ2v) is 5.68. The van der Waals surface area contributed by atoms with Gasteiger partial charge >= 0.3 is 0 Å². The van der Waals surface area contributed by atoms with Crippen molar-refractivity contribution < 1.29 is 4.39 Å². The number of halogens is 2. The molecule has 0 saturated carbocycles. The molecule has 0 aliphatic carbocycles. The summed E-state index contributed by atoms with van der Waals surface area (Å²) in [5, 5.41) is 0.691. The smallest absolute Gasteiger partial charge is 0.124 e. The fourth-order valence-corrected chi connectivity index (χ4v) is 2.70. The van der Waals surface area contributed by atoms with Crippen molar-refractivity contribution in [2.75, 3.05) is 11.9 Å². The van der Waals surface area contributed by atoms with Crippen LogP contribution in [0, 0.1) is 5.82 Å². The van der Waals surface area contributed by atoms with Gasteiger partial charge < -0.3 is 10.6 Å². The Kier molecular flexibility index (Phi) is 4.80. The maximum Gasteiger partial charge on any atom is 0.124 e. The Morgan fingerprint density at radius 3 is 2.57 bits per heavy atom. The lowest BCUT2D eigenvalue weighted by Gasteiger charge is -2.29.